The highest BCUT2D eigenvalue weighted by atomic mass is 16.4. The highest BCUT2D eigenvalue weighted by molar-refractivity contribution is 5.73. The minimum absolute atomic E-state index is 0.243. The third kappa shape index (κ3) is 3.19. The fourth-order valence-electron chi connectivity index (χ4n) is 2.57. The highest BCUT2D eigenvalue weighted by Gasteiger charge is 2.32. The Hall–Kier alpha value is -0.610. The van der Waals surface area contributed by atoms with Gasteiger partial charge < -0.3 is 10.2 Å². The van der Waals surface area contributed by atoms with Crippen LogP contribution in [0.25, 0.3) is 0 Å². The van der Waals surface area contributed by atoms with Crippen LogP contribution in [0, 0.1) is 5.92 Å². The summed E-state index contributed by atoms with van der Waals surface area (Å²) in [5.41, 5.74) is 0. The van der Waals surface area contributed by atoms with Crippen molar-refractivity contribution in [3.63, 3.8) is 0 Å². The van der Waals surface area contributed by atoms with Crippen LogP contribution >= 0.6 is 0 Å². The number of rotatable bonds is 5. The van der Waals surface area contributed by atoms with Crippen molar-refractivity contribution in [3.05, 3.63) is 0 Å². The minimum atomic E-state index is -0.742. The number of hydrogen-bond acceptors (Lipinski definition) is 3. The van der Waals surface area contributed by atoms with Crippen LogP contribution in [0.1, 0.15) is 39.5 Å². The van der Waals surface area contributed by atoms with E-state index in [1.807, 2.05) is 11.8 Å². The Bertz CT molecular complexity index is 232. The third-order valence-corrected chi connectivity index (χ3v) is 3.50. The van der Waals surface area contributed by atoms with Crippen molar-refractivity contribution in [1.29, 1.82) is 0 Å². The average Bonchev–Trinajstić information content (AvgIpc) is 2.23. The lowest BCUT2D eigenvalue weighted by atomic mass is 9.89. The SMILES string of the molecule is CCCC1CN(C(CC)C(=O)O)CCC1O. The Balaban J connectivity index is 2.59. The maximum absolute atomic E-state index is 11.1. The average molecular weight is 229 g/mol. The molecule has 0 bridgehead atoms. The Labute approximate surface area is 97.3 Å². The highest BCUT2D eigenvalue weighted by Crippen LogP contribution is 2.23. The van der Waals surface area contributed by atoms with Gasteiger partial charge in [-0.2, -0.15) is 0 Å². The molecule has 1 fully saturated rings. The molecule has 2 N–H and O–H groups in total. The minimum Gasteiger partial charge on any atom is -0.480 e. The number of hydrogen-bond donors (Lipinski definition) is 2. The van der Waals surface area contributed by atoms with Gasteiger partial charge in [0, 0.05) is 13.1 Å². The van der Waals surface area contributed by atoms with Crippen LogP contribution in [0.3, 0.4) is 0 Å². The van der Waals surface area contributed by atoms with Crippen LogP contribution < -0.4 is 0 Å². The number of carbonyl (C=O) groups is 1. The second-order valence-corrected chi connectivity index (χ2v) is 4.66. The van der Waals surface area contributed by atoms with Crippen LogP contribution in [-0.4, -0.2) is 46.3 Å². The second-order valence-electron chi connectivity index (χ2n) is 4.66. The fraction of sp³-hybridized carbons (Fsp3) is 0.917. The lowest BCUT2D eigenvalue weighted by Gasteiger charge is -2.38. The van der Waals surface area contributed by atoms with E-state index >= 15 is 0 Å². The molecule has 0 aromatic rings. The Kier molecular flexibility index (Phi) is 5.22. The number of likely N-dealkylation sites (tertiary alicyclic amines) is 1. The molecule has 1 heterocycles. The molecular formula is C12H23NO3. The van der Waals surface area contributed by atoms with Gasteiger partial charge in [0.05, 0.1) is 6.10 Å². The van der Waals surface area contributed by atoms with Crippen molar-refractivity contribution < 1.29 is 15.0 Å². The predicted molar refractivity (Wildman–Crippen MR) is 62.3 cm³/mol. The molecule has 4 heteroatoms. The summed E-state index contributed by atoms with van der Waals surface area (Å²) in [7, 11) is 0. The summed E-state index contributed by atoms with van der Waals surface area (Å²) in [4.78, 5) is 13.1. The van der Waals surface area contributed by atoms with E-state index in [1.54, 1.807) is 0 Å². The molecule has 3 atom stereocenters. The van der Waals surface area contributed by atoms with E-state index in [4.69, 9.17) is 5.11 Å². The number of aliphatic hydroxyl groups excluding tert-OH is 1. The monoisotopic (exact) mass is 229 g/mol. The van der Waals surface area contributed by atoms with Gasteiger partial charge in [-0.3, -0.25) is 9.69 Å². The summed E-state index contributed by atoms with van der Waals surface area (Å²) < 4.78 is 0. The topological polar surface area (TPSA) is 60.8 Å². The van der Waals surface area contributed by atoms with E-state index in [-0.39, 0.29) is 18.1 Å². The van der Waals surface area contributed by atoms with Crippen molar-refractivity contribution in [2.75, 3.05) is 13.1 Å². The number of carboxylic acids is 1. The molecule has 0 aromatic heterocycles. The van der Waals surface area contributed by atoms with Crippen molar-refractivity contribution in [1.82, 2.24) is 4.90 Å². The van der Waals surface area contributed by atoms with Gasteiger partial charge in [0.25, 0.3) is 0 Å². The van der Waals surface area contributed by atoms with Crippen LogP contribution in [0.5, 0.6) is 0 Å². The third-order valence-electron chi connectivity index (χ3n) is 3.50. The van der Waals surface area contributed by atoms with E-state index in [2.05, 4.69) is 6.92 Å². The number of carboxylic acid groups (broad SMARTS) is 1. The van der Waals surface area contributed by atoms with Crippen LogP contribution in [0.2, 0.25) is 0 Å². The van der Waals surface area contributed by atoms with E-state index in [9.17, 15) is 9.90 Å². The first kappa shape index (κ1) is 13.5. The first-order chi connectivity index (χ1) is 7.60. The molecule has 4 nitrogen and oxygen atoms in total. The Morgan fingerprint density at radius 1 is 1.50 bits per heavy atom. The Morgan fingerprint density at radius 3 is 2.69 bits per heavy atom. The van der Waals surface area contributed by atoms with Crippen molar-refractivity contribution in [2.45, 2.75) is 51.7 Å². The molecule has 94 valence electrons. The van der Waals surface area contributed by atoms with Gasteiger partial charge in [-0.15, -0.1) is 0 Å². The van der Waals surface area contributed by atoms with Crippen molar-refractivity contribution in [2.24, 2.45) is 5.92 Å². The first-order valence-corrected chi connectivity index (χ1v) is 6.25. The van der Waals surface area contributed by atoms with Crippen molar-refractivity contribution in [3.8, 4) is 0 Å². The van der Waals surface area contributed by atoms with Gasteiger partial charge in [0.2, 0.25) is 0 Å². The molecule has 0 amide bonds. The summed E-state index contributed by atoms with van der Waals surface area (Å²) in [6.07, 6.45) is 3.11. The van der Waals surface area contributed by atoms with Crippen molar-refractivity contribution >= 4 is 5.97 Å². The zero-order chi connectivity index (χ0) is 12.1. The molecule has 0 spiro atoms. The van der Waals surface area contributed by atoms with E-state index in [0.29, 0.717) is 19.4 Å². The predicted octanol–water partition coefficient (Wildman–Crippen LogP) is 1.33. The van der Waals surface area contributed by atoms with Crippen LogP contribution in [0.4, 0.5) is 0 Å². The van der Waals surface area contributed by atoms with Gasteiger partial charge in [-0.1, -0.05) is 20.3 Å². The maximum atomic E-state index is 11.1. The van der Waals surface area contributed by atoms with Crippen LogP contribution in [0.15, 0.2) is 0 Å². The molecular weight excluding hydrogens is 206 g/mol. The standard InChI is InChI=1S/C12H23NO3/c1-3-5-9-8-13(7-6-11(9)14)10(4-2)12(15)16/h9-11,14H,3-8H2,1-2H3,(H,15,16). The summed E-state index contributed by atoms with van der Waals surface area (Å²) in [5.74, 6) is -0.499. The van der Waals surface area contributed by atoms with Gasteiger partial charge >= 0.3 is 5.97 Å². The molecule has 0 radical (unpaired) electrons. The summed E-state index contributed by atoms with van der Waals surface area (Å²) in [6.45, 7) is 5.42. The smallest absolute Gasteiger partial charge is 0.320 e. The number of piperidine rings is 1. The molecule has 1 aliphatic heterocycles. The van der Waals surface area contributed by atoms with Gasteiger partial charge in [-0.25, -0.2) is 0 Å². The number of aliphatic carboxylic acids is 1. The number of nitrogens with zero attached hydrogens (tertiary/aromatic N) is 1. The first-order valence-electron chi connectivity index (χ1n) is 6.25. The maximum Gasteiger partial charge on any atom is 0.320 e. The quantitative estimate of drug-likeness (QED) is 0.746. The summed E-state index contributed by atoms with van der Waals surface area (Å²) in [6, 6.07) is -0.383. The molecule has 1 rings (SSSR count). The lowest BCUT2D eigenvalue weighted by Crippen LogP contribution is -2.50. The molecule has 1 aliphatic rings. The molecule has 0 saturated carbocycles. The second kappa shape index (κ2) is 6.21. The van der Waals surface area contributed by atoms with E-state index in [0.717, 1.165) is 19.4 Å². The van der Waals surface area contributed by atoms with E-state index in [1.165, 1.54) is 0 Å². The largest absolute Gasteiger partial charge is 0.480 e. The normalized spacial score (nSPS) is 28.9. The molecule has 0 aromatic carbocycles. The lowest BCUT2D eigenvalue weighted by molar-refractivity contribution is -0.145. The molecule has 1 saturated heterocycles. The molecule has 0 aliphatic carbocycles. The molecule has 16 heavy (non-hydrogen) atoms. The van der Waals surface area contributed by atoms with Gasteiger partial charge in [-0.05, 0) is 25.2 Å². The van der Waals surface area contributed by atoms with Gasteiger partial charge in [0.15, 0.2) is 0 Å². The van der Waals surface area contributed by atoms with Gasteiger partial charge in [0.1, 0.15) is 6.04 Å². The van der Waals surface area contributed by atoms with Crippen LogP contribution in [-0.2, 0) is 4.79 Å². The molecule has 3 unspecified atom stereocenters. The zero-order valence-electron chi connectivity index (χ0n) is 10.2. The fourth-order valence-corrected chi connectivity index (χ4v) is 2.57. The summed E-state index contributed by atoms with van der Waals surface area (Å²) in [5, 5.41) is 18.9. The van der Waals surface area contributed by atoms with E-state index < -0.39 is 5.97 Å². The zero-order valence-corrected chi connectivity index (χ0v) is 10.2. The number of aliphatic hydroxyl groups is 1. The Morgan fingerprint density at radius 2 is 2.19 bits per heavy atom. The summed E-state index contributed by atoms with van der Waals surface area (Å²) >= 11 is 0.